The smallest absolute Gasteiger partial charge is 0.0464 e. The van der Waals surface area contributed by atoms with Crippen molar-refractivity contribution in [3.8, 4) is 11.1 Å². The zero-order valence-corrected chi connectivity index (χ0v) is 23.8. The van der Waals surface area contributed by atoms with Gasteiger partial charge in [0.25, 0.3) is 0 Å². The normalized spacial score (nSPS) is 20.8. The summed E-state index contributed by atoms with van der Waals surface area (Å²) in [5, 5.41) is 0. The minimum absolute atomic E-state index is 0.495. The van der Waals surface area contributed by atoms with Crippen LogP contribution in [0.25, 0.3) is 11.1 Å². The van der Waals surface area contributed by atoms with Crippen LogP contribution in [0.1, 0.15) is 83.1 Å². The first-order chi connectivity index (χ1) is 19.2. The second-order valence-electron chi connectivity index (χ2n) is 12.4. The van der Waals surface area contributed by atoms with Crippen LogP contribution in [0, 0.1) is 17.8 Å². The molecule has 0 amide bonds. The molecule has 202 valence electrons. The first-order valence-electron chi connectivity index (χ1n) is 15.7. The molecule has 0 heterocycles. The number of anilines is 2. The largest absolute Gasteiger partial charge is 0.314 e. The Morgan fingerprint density at radius 1 is 0.641 bits per heavy atom. The Balaban J connectivity index is 1.34. The van der Waals surface area contributed by atoms with Gasteiger partial charge in [0.1, 0.15) is 0 Å². The predicted octanol–water partition coefficient (Wildman–Crippen LogP) is 11.0. The molecule has 2 fully saturated rings. The molecule has 3 aliphatic carbocycles. The highest BCUT2D eigenvalue weighted by Gasteiger charge is 2.27. The van der Waals surface area contributed by atoms with E-state index in [0.29, 0.717) is 5.92 Å². The maximum Gasteiger partial charge on any atom is 0.0464 e. The fraction of sp³-hybridized carbons (Fsp3) is 0.421. The number of hydrogen-bond donors (Lipinski definition) is 0. The minimum atomic E-state index is 0.495. The standard InChI is InChI=1S/C38H45N/c1-29-26-35(33-16-9-4-10-17-33)22-25-38(29)39(37-19-11-18-34(28-37)32-14-7-3-8-15-32)36-23-20-31(21-24-36)27-30-12-5-2-6-13-30/h3,7-8,11,14-15,18-25,28-30,33H,2,4-6,9-10,12-13,16-17,26-27H2,1H3. The van der Waals surface area contributed by atoms with Gasteiger partial charge in [0.05, 0.1) is 0 Å². The van der Waals surface area contributed by atoms with E-state index in [9.17, 15) is 0 Å². The predicted molar refractivity (Wildman–Crippen MR) is 167 cm³/mol. The van der Waals surface area contributed by atoms with Gasteiger partial charge in [-0.15, -0.1) is 0 Å². The summed E-state index contributed by atoms with van der Waals surface area (Å²) in [6.45, 7) is 2.44. The van der Waals surface area contributed by atoms with Crippen molar-refractivity contribution in [3.63, 3.8) is 0 Å². The second kappa shape index (κ2) is 12.4. The Morgan fingerprint density at radius 3 is 2.05 bits per heavy atom. The topological polar surface area (TPSA) is 3.24 Å². The van der Waals surface area contributed by atoms with Gasteiger partial charge in [0.2, 0.25) is 0 Å². The molecular weight excluding hydrogens is 470 g/mol. The fourth-order valence-corrected chi connectivity index (χ4v) is 7.36. The summed E-state index contributed by atoms with van der Waals surface area (Å²) in [5.74, 6) is 2.16. The van der Waals surface area contributed by atoms with Gasteiger partial charge in [0, 0.05) is 23.0 Å². The van der Waals surface area contributed by atoms with E-state index in [1.807, 2.05) is 0 Å². The molecular formula is C38H45N. The van der Waals surface area contributed by atoms with Crippen molar-refractivity contribution in [2.24, 2.45) is 17.8 Å². The van der Waals surface area contributed by atoms with E-state index in [2.05, 4.69) is 103 Å². The van der Waals surface area contributed by atoms with Crippen LogP contribution >= 0.6 is 0 Å². The second-order valence-corrected chi connectivity index (χ2v) is 12.4. The van der Waals surface area contributed by atoms with Gasteiger partial charge in [-0.25, -0.2) is 0 Å². The highest BCUT2D eigenvalue weighted by Crippen LogP contribution is 2.42. The lowest BCUT2D eigenvalue weighted by atomic mass is 9.78. The molecule has 1 atom stereocenters. The Hall–Kier alpha value is -3.06. The van der Waals surface area contributed by atoms with E-state index < -0.39 is 0 Å². The SMILES string of the molecule is CC1CC(C2CCCCC2)=CC=C1N(c1ccc(CC2CCCCC2)cc1)c1cccc(-c2ccccc2)c1. The van der Waals surface area contributed by atoms with E-state index in [4.69, 9.17) is 0 Å². The average molecular weight is 516 g/mol. The van der Waals surface area contributed by atoms with E-state index in [1.54, 1.807) is 5.57 Å². The molecule has 1 nitrogen and oxygen atoms in total. The Labute approximate surface area is 236 Å². The van der Waals surface area contributed by atoms with E-state index in [0.717, 1.165) is 11.8 Å². The van der Waals surface area contributed by atoms with Crippen LogP contribution in [0.5, 0.6) is 0 Å². The first kappa shape index (κ1) is 26.2. The summed E-state index contributed by atoms with van der Waals surface area (Å²) in [5.41, 5.74) is 9.67. The summed E-state index contributed by atoms with van der Waals surface area (Å²) in [7, 11) is 0. The monoisotopic (exact) mass is 515 g/mol. The molecule has 3 aromatic carbocycles. The zero-order valence-electron chi connectivity index (χ0n) is 23.8. The third-order valence-electron chi connectivity index (χ3n) is 9.56. The molecule has 6 rings (SSSR count). The molecule has 1 unspecified atom stereocenters. The van der Waals surface area contributed by atoms with Gasteiger partial charge in [-0.05, 0) is 84.6 Å². The van der Waals surface area contributed by atoms with Crippen molar-refractivity contribution >= 4 is 11.4 Å². The van der Waals surface area contributed by atoms with Crippen LogP contribution in [0.3, 0.4) is 0 Å². The first-order valence-corrected chi connectivity index (χ1v) is 15.7. The summed E-state index contributed by atoms with van der Waals surface area (Å²) in [6, 6.07) is 29.5. The molecule has 39 heavy (non-hydrogen) atoms. The van der Waals surface area contributed by atoms with Crippen LogP contribution < -0.4 is 4.90 Å². The van der Waals surface area contributed by atoms with Gasteiger partial charge in [0.15, 0.2) is 0 Å². The maximum atomic E-state index is 2.54. The summed E-state index contributed by atoms with van der Waals surface area (Å²) in [6.07, 6.45) is 21.4. The lowest BCUT2D eigenvalue weighted by Crippen LogP contribution is -2.25. The number of allylic oxidation sites excluding steroid dienone is 4. The lowest BCUT2D eigenvalue weighted by molar-refractivity contribution is 0.356. The van der Waals surface area contributed by atoms with Gasteiger partial charge >= 0.3 is 0 Å². The molecule has 0 radical (unpaired) electrons. The van der Waals surface area contributed by atoms with Gasteiger partial charge in [-0.1, -0.05) is 125 Å². The molecule has 0 N–H and O–H groups in total. The van der Waals surface area contributed by atoms with Gasteiger partial charge in [-0.3, -0.25) is 0 Å². The summed E-state index contributed by atoms with van der Waals surface area (Å²) >= 11 is 0. The van der Waals surface area contributed by atoms with Crippen molar-refractivity contribution < 1.29 is 0 Å². The van der Waals surface area contributed by atoms with Crippen LogP contribution in [0.2, 0.25) is 0 Å². The molecule has 0 aromatic heterocycles. The molecule has 0 saturated heterocycles. The molecule has 0 spiro atoms. The molecule has 1 heteroatoms. The molecule has 2 saturated carbocycles. The van der Waals surface area contributed by atoms with E-state index in [1.165, 1.54) is 111 Å². The number of hydrogen-bond acceptors (Lipinski definition) is 1. The van der Waals surface area contributed by atoms with Crippen LogP contribution in [-0.4, -0.2) is 0 Å². The van der Waals surface area contributed by atoms with Crippen molar-refractivity contribution in [2.45, 2.75) is 84.0 Å². The quantitative estimate of drug-likeness (QED) is 0.302. The molecule has 0 aliphatic heterocycles. The van der Waals surface area contributed by atoms with Crippen molar-refractivity contribution in [1.29, 1.82) is 0 Å². The van der Waals surface area contributed by atoms with Crippen LogP contribution in [-0.2, 0) is 6.42 Å². The van der Waals surface area contributed by atoms with E-state index >= 15 is 0 Å². The molecule has 0 bridgehead atoms. The van der Waals surface area contributed by atoms with Crippen molar-refractivity contribution in [3.05, 3.63) is 108 Å². The number of nitrogens with zero attached hydrogens (tertiary/aromatic N) is 1. The number of rotatable bonds is 7. The Kier molecular flexibility index (Phi) is 8.33. The van der Waals surface area contributed by atoms with Gasteiger partial charge in [-0.2, -0.15) is 0 Å². The van der Waals surface area contributed by atoms with Crippen LogP contribution in [0.15, 0.2) is 102 Å². The average Bonchev–Trinajstić information content (AvgIpc) is 3.00. The molecule has 3 aliphatic rings. The Morgan fingerprint density at radius 2 is 1.33 bits per heavy atom. The zero-order chi connectivity index (χ0) is 26.4. The summed E-state index contributed by atoms with van der Waals surface area (Å²) < 4.78 is 0. The van der Waals surface area contributed by atoms with Crippen LogP contribution in [0.4, 0.5) is 11.4 Å². The molecule has 3 aromatic rings. The van der Waals surface area contributed by atoms with Crippen molar-refractivity contribution in [1.82, 2.24) is 0 Å². The third kappa shape index (κ3) is 6.24. The highest BCUT2D eigenvalue weighted by atomic mass is 15.2. The number of benzene rings is 3. The van der Waals surface area contributed by atoms with E-state index in [-0.39, 0.29) is 0 Å². The highest BCUT2D eigenvalue weighted by molar-refractivity contribution is 5.75. The lowest BCUT2D eigenvalue weighted by Gasteiger charge is -2.36. The summed E-state index contributed by atoms with van der Waals surface area (Å²) in [4.78, 5) is 2.54. The van der Waals surface area contributed by atoms with Gasteiger partial charge < -0.3 is 4.90 Å². The third-order valence-corrected chi connectivity index (χ3v) is 9.56. The van der Waals surface area contributed by atoms with Crippen molar-refractivity contribution in [2.75, 3.05) is 4.90 Å². The minimum Gasteiger partial charge on any atom is -0.314 e. The maximum absolute atomic E-state index is 2.54. The fourth-order valence-electron chi connectivity index (χ4n) is 7.36. The Bertz CT molecular complexity index is 1270.